The molecule has 0 saturated heterocycles. The fourth-order valence-electron chi connectivity index (χ4n) is 4.14. The highest BCUT2D eigenvalue weighted by atomic mass is 16.5. The first-order chi connectivity index (χ1) is 18.0. The molecule has 0 spiro atoms. The summed E-state index contributed by atoms with van der Waals surface area (Å²) < 4.78 is 5.83. The summed E-state index contributed by atoms with van der Waals surface area (Å²) in [5, 5.41) is 11.0. The highest BCUT2D eigenvalue weighted by molar-refractivity contribution is 5.80. The van der Waals surface area contributed by atoms with Gasteiger partial charge in [-0.2, -0.15) is 0 Å². The second-order valence-corrected chi connectivity index (χ2v) is 10.0. The minimum atomic E-state index is -1.03. The molecule has 0 aliphatic carbocycles. The molecule has 0 aromatic heterocycles. The number of carbonyl (C=O) groups excluding carboxylic acids is 2. The summed E-state index contributed by atoms with van der Waals surface area (Å²) in [4.78, 5) is 34.5. The molecule has 37 heavy (non-hydrogen) atoms. The molecule has 214 valence electrons. The predicted octanol–water partition coefficient (Wildman–Crippen LogP) is 8.05. The zero-order chi connectivity index (χ0) is 27.4. The quantitative estimate of drug-likeness (QED) is 0.0682. The summed E-state index contributed by atoms with van der Waals surface area (Å²) in [5.41, 5.74) is 0. The van der Waals surface area contributed by atoms with Crippen LogP contribution >= 0.6 is 0 Å². The molecular formula is C31H55NO5. The molecule has 0 rings (SSSR count). The number of ether oxygens (including phenoxy) is 1. The minimum Gasteiger partial charge on any atom is -0.480 e. The van der Waals surface area contributed by atoms with E-state index in [2.05, 4.69) is 43.5 Å². The van der Waals surface area contributed by atoms with Gasteiger partial charge in [-0.1, -0.05) is 89.5 Å². The van der Waals surface area contributed by atoms with Crippen LogP contribution in [0.5, 0.6) is 0 Å². The molecule has 1 unspecified atom stereocenters. The van der Waals surface area contributed by atoms with E-state index in [1.54, 1.807) is 0 Å². The summed E-state index contributed by atoms with van der Waals surface area (Å²) >= 11 is 0. The Hall–Kier alpha value is -2.11. The first kappa shape index (κ1) is 34.9. The summed E-state index contributed by atoms with van der Waals surface area (Å²) in [6.45, 7) is 4.05. The van der Waals surface area contributed by atoms with Crippen molar-refractivity contribution in [2.24, 2.45) is 0 Å². The van der Waals surface area contributed by atoms with Gasteiger partial charge < -0.3 is 15.2 Å². The third-order valence-electron chi connectivity index (χ3n) is 6.36. The normalized spacial score (nSPS) is 12.3. The standard InChI is InChI=1S/C31H55NO5/c1-3-5-7-9-10-11-12-13-14-15-16-17-22-26-31(36)37-28(23-19-8-6-4-2)24-20-18-21-25-29(33)32-27-30(34)35/h7,9,11-12,28H,3-6,8,10,13-27H2,1-2H3,(H,32,33)(H,34,35)/b9-7-,12-11-. The number of esters is 1. The second kappa shape index (κ2) is 26.9. The van der Waals surface area contributed by atoms with Crippen LogP contribution in [0.25, 0.3) is 0 Å². The van der Waals surface area contributed by atoms with E-state index in [1.807, 2.05) is 0 Å². The van der Waals surface area contributed by atoms with E-state index in [0.717, 1.165) is 64.2 Å². The number of unbranched alkanes of at least 4 members (excludes halogenated alkanes) is 11. The highest BCUT2D eigenvalue weighted by Crippen LogP contribution is 2.17. The van der Waals surface area contributed by atoms with Crippen molar-refractivity contribution in [3.63, 3.8) is 0 Å². The van der Waals surface area contributed by atoms with Gasteiger partial charge in [0.05, 0.1) is 0 Å². The lowest BCUT2D eigenvalue weighted by Gasteiger charge is -2.18. The number of rotatable bonds is 26. The number of carbonyl (C=O) groups is 3. The van der Waals surface area contributed by atoms with Crippen LogP contribution in [0.15, 0.2) is 24.3 Å². The van der Waals surface area contributed by atoms with E-state index in [4.69, 9.17) is 9.84 Å². The third-order valence-corrected chi connectivity index (χ3v) is 6.36. The summed E-state index contributed by atoms with van der Waals surface area (Å²) in [5.74, 6) is -1.33. The Morgan fingerprint density at radius 3 is 1.97 bits per heavy atom. The predicted molar refractivity (Wildman–Crippen MR) is 152 cm³/mol. The minimum absolute atomic E-state index is 0.0335. The second-order valence-electron chi connectivity index (χ2n) is 10.0. The molecule has 0 aliphatic heterocycles. The molecule has 0 aromatic rings. The molecule has 0 aliphatic rings. The van der Waals surface area contributed by atoms with Crippen LogP contribution in [-0.2, 0) is 19.1 Å². The molecule has 0 fully saturated rings. The first-order valence-electron chi connectivity index (χ1n) is 15.0. The fourth-order valence-corrected chi connectivity index (χ4v) is 4.14. The number of carboxylic acid groups (broad SMARTS) is 1. The number of aliphatic carboxylic acids is 1. The van der Waals surface area contributed by atoms with E-state index < -0.39 is 5.97 Å². The SMILES string of the molecule is CCC/C=C\C/C=C\CCCCCCCC(=O)OC(CCCCCC)CCCCCC(=O)NCC(=O)O. The van der Waals surface area contributed by atoms with E-state index in [9.17, 15) is 14.4 Å². The molecule has 0 saturated carbocycles. The van der Waals surface area contributed by atoms with Crippen molar-refractivity contribution >= 4 is 17.8 Å². The van der Waals surface area contributed by atoms with Crippen molar-refractivity contribution in [2.45, 2.75) is 148 Å². The van der Waals surface area contributed by atoms with Crippen LogP contribution in [-0.4, -0.2) is 35.6 Å². The molecule has 0 heterocycles. The lowest BCUT2D eigenvalue weighted by Crippen LogP contribution is -2.28. The molecule has 1 amide bonds. The number of amides is 1. The summed E-state index contributed by atoms with van der Waals surface area (Å²) in [7, 11) is 0. The van der Waals surface area contributed by atoms with Gasteiger partial charge in [0.1, 0.15) is 12.6 Å². The third kappa shape index (κ3) is 26.8. The Balaban J connectivity index is 4.00. The van der Waals surface area contributed by atoms with Gasteiger partial charge in [0.25, 0.3) is 0 Å². The zero-order valence-electron chi connectivity index (χ0n) is 23.8. The molecule has 6 heteroatoms. The molecular weight excluding hydrogens is 466 g/mol. The smallest absolute Gasteiger partial charge is 0.322 e. The van der Waals surface area contributed by atoms with Crippen molar-refractivity contribution in [1.82, 2.24) is 5.32 Å². The van der Waals surface area contributed by atoms with Crippen molar-refractivity contribution in [3.8, 4) is 0 Å². The van der Waals surface area contributed by atoms with Gasteiger partial charge in [-0.25, -0.2) is 0 Å². The molecule has 1 atom stereocenters. The number of carboxylic acids is 1. The van der Waals surface area contributed by atoms with Crippen molar-refractivity contribution < 1.29 is 24.2 Å². The summed E-state index contributed by atoms with van der Waals surface area (Å²) in [6.07, 6.45) is 28.8. The number of allylic oxidation sites excluding steroid dienone is 4. The lowest BCUT2D eigenvalue weighted by atomic mass is 10.0. The molecule has 0 radical (unpaired) electrons. The number of hydrogen-bond donors (Lipinski definition) is 2. The van der Waals surface area contributed by atoms with Crippen LogP contribution in [0.1, 0.15) is 142 Å². The van der Waals surface area contributed by atoms with Crippen LogP contribution < -0.4 is 5.32 Å². The Morgan fingerprint density at radius 1 is 0.703 bits per heavy atom. The van der Waals surface area contributed by atoms with Gasteiger partial charge in [-0.05, 0) is 64.2 Å². The monoisotopic (exact) mass is 521 g/mol. The van der Waals surface area contributed by atoms with Crippen LogP contribution in [0.4, 0.5) is 0 Å². The maximum atomic E-state index is 12.4. The fraction of sp³-hybridized carbons (Fsp3) is 0.774. The van der Waals surface area contributed by atoms with Crippen LogP contribution in [0, 0.1) is 0 Å². The van der Waals surface area contributed by atoms with Crippen LogP contribution in [0.2, 0.25) is 0 Å². The summed E-state index contributed by atoms with van der Waals surface area (Å²) in [6, 6.07) is 0. The molecule has 6 nitrogen and oxygen atoms in total. The zero-order valence-corrected chi connectivity index (χ0v) is 23.8. The van der Waals surface area contributed by atoms with Crippen molar-refractivity contribution in [1.29, 1.82) is 0 Å². The molecule has 0 aromatic carbocycles. The Morgan fingerprint density at radius 2 is 1.30 bits per heavy atom. The Bertz CT molecular complexity index is 629. The Labute approximate surface area is 226 Å². The number of nitrogens with one attached hydrogen (secondary N) is 1. The maximum Gasteiger partial charge on any atom is 0.322 e. The average Bonchev–Trinajstić information content (AvgIpc) is 2.87. The Kier molecular flexibility index (Phi) is 25.4. The van der Waals surface area contributed by atoms with Gasteiger partial charge in [-0.3, -0.25) is 14.4 Å². The van der Waals surface area contributed by atoms with Gasteiger partial charge >= 0.3 is 11.9 Å². The van der Waals surface area contributed by atoms with E-state index in [1.165, 1.54) is 44.9 Å². The average molecular weight is 522 g/mol. The molecule has 2 N–H and O–H groups in total. The van der Waals surface area contributed by atoms with E-state index >= 15 is 0 Å². The topological polar surface area (TPSA) is 92.7 Å². The van der Waals surface area contributed by atoms with Crippen LogP contribution in [0.3, 0.4) is 0 Å². The van der Waals surface area contributed by atoms with E-state index in [0.29, 0.717) is 19.3 Å². The lowest BCUT2D eigenvalue weighted by molar-refractivity contribution is -0.150. The van der Waals surface area contributed by atoms with Gasteiger partial charge in [0.2, 0.25) is 5.91 Å². The van der Waals surface area contributed by atoms with E-state index in [-0.39, 0.29) is 24.5 Å². The molecule has 0 bridgehead atoms. The number of hydrogen-bond acceptors (Lipinski definition) is 4. The largest absolute Gasteiger partial charge is 0.480 e. The van der Waals surface area contributed by atoms with Crippen molar-refractivity contribution in [3.05, 3.63) is 24.3 Å². The van der Waals surface area contributed by atoms with Gasteiger partial charge in [-0.15, -0.1) is 0 Å². The van der Waals surface area contributed by atoms with Crippen molar-refractivity contribution in [2.75, 3.05) is 6.54 Å². The maximum absolute atomic E-state index is 12.4. The first-order valence-corrected chi connectivity index (χ1v) is 15.0. The highest BCUT2D eigenvalue weighted by Gasteiger charge is 2.14. The van der Waals surface area contributed by atoms with Gasteiger partial charge in [0.15, 0.2) is 0 Å². The van der Waals surface area contributed by atoms with Gasteiger partial charge in [0, 0.05) is 12.8 Å².